The Kier molecular flexibility index (Phi) is 5.26. The number of rotatable bonds is 4. The molecule has 0 spiro atoms. The van der Waals surface area contributed by atoms with E-state index in [-0.39, 0.29) is 27.7 Å². The molecular weight excluding hydrogens is 464 g/mol. The Labute approximate surface area is 187 Å². The van der Waals surface area contributed by atoms with Gasteiger partial charge in [-0.25, -0.2) is 8.42 Å². The van der Waals surface area contributed by atoms with Gasteiger partial charge < -0.3 is 4.90 Å². The molecule has 1 saturated heterocycles. The van der Waals surface area contributed by atoms with Crippen molar-refractivity contribution in [3.05, 3.63) is 58.6 Å². The van der Waals surface area contributed by atoms with Crippen LogP contribution in [0.4, 0.5) is 5.69 Å². The van der Waals surface area contributed by atoms with Crippen LogP contribution in [0.3, 0.4) is 0 Å². The molecule has 1 amide bonds. The van der Waals surface area contributed by atoms with Crippen molar-refractivity contribution in [2.75, 3.05) is 11.3 Å². The summed E-state index contributed by atoms with van der Waals surface area (Å²) in [4.78, 5) is 15.6. The third-order valence-electron chi connectivity index (χ3n) is 6.20. The van der Waals surface area contributed by atoms with Gasteiger partial charge in [-0.1, -0.05) is 48.8 Å². The van der Waals surface area contributed by atoms with Crippen LogP contribution in [-0.4, -0.2) is 31.8 Å². The average molecular weight is 491 g/mol. The maximum absolute atomic E-state index is 13.5. The van der Waals surface area contributed by atoms with Crippen LogP contribution in [0.2, 0.25) is 0 Å². The number of anilines is 1. The monoisotopic (exact) mass is 490 g/mol. The average Bonchev–Trinajstić information content (AvgIpc) is 2.90. The number of benzene rings is 2. The van der Waals surface area contributed by atoms with E-state index in [1.807, 2.05) is 4.90 Å². The number of hydrogen-bond acceptors (Lipinski definition) is 3. The summed E-state index contributed by atoms with van der Waals surface area (Å²) in [5.41, 5.74) is 1.03. The quantitative estimate of drug-likeness (QED) is 0.632. The standard InChI is InChI=1S/C23H27BrN2O3S/c1-22(2)12-17-13-23(3,14-22)15-26(17)21(27)19-6-4-5-7-20(19)25-30(28,29)18-10-8-16(24)9-11-18/h4-11,17,25H,12-15H2,1-3H3/t17-,23-/m1/s1. The molecule has 30 heavy (non-hydrogen) atoms. The van der Waals surface area contributed by atoms with E-state index in [4.69, 9.17) is 0 Å². The molecule has 2 aromatic carbocycles. The van der Waals surface area contributed by atoms with Crippen molar-refractivity contribution in [1.82, 2.24) is 4.90 Å². The van der Waals surface area contributed by atoms with Gasteiger partial charge in [0.25, 0.3) is 15.9 Å². The first-order chi connectivity index (χ1) is 14.0. The van der Waals surface area contributed by atoms with Crippen molar-refractivity contribution < 1.29 is 13.2 Å². The molecule has 160 valence electrons. The van der Waals surface area contributed by atoms with Crippen LogP contribution in [0.25, 0.3) is 0 Å². The third-order valence-corrected chi connectivity index (χ3v) is 8.11. The van der Waals surface area contributed by atoms with Crippen molar-refractivity contribution in [3.8, 4) is 0 Å². The molecular formula is C23H27BrN2O3S. The second-order valence-corrected chi connectivity index (χ2v) is 12.3. The van der Waals surface area contributed by atoms with E-state index in [1.54, 1.807) is 36.4 Å². The summed E-state index contributed by atoms with van der Waals surface area (Å²) in [7, 11) is -3.80. The zero-order chi connectivity index (χ0) is 21.7. The number of halogens is 1. The molecule has 0 radical (unpaired) electrons. The van der Waals surface area contributed by atoms with E-state index in [2.05, 4.69) is 41.4 Å². The third kappa shape index (κ3) is 4.14. The first-order valence-electron chi connectivity index (χ1n) is 10.2. The molecule has 7 heteroatoms. The number of para-hydroxylation sites is 1. The molecule has 2 aromatic rings. The summed E-state index contributed by atoms with van der Waals surface area (Å²) in [5.74, 6) is -0.101. The van der Waals surface area contributed by atoms with Gasteiger partial charge in [0.2, 0.25) is 0 Å². The van der Waals surface area contributed by atoms with Crippen LogP contribution in [0, 0.1) is 10.8 Å². The molecule has 5 nitrogen and oxygen atoms in total. The van der Waals surface area contributed by atoms with E-state index >= 15 is 0 Å². The number of likely N-dealkylation sites (tertiary alicyclic amines) is 1. The maximum atomic E-state index is 13.5. The first kappa shape index (κ1) is 21.4. The molecule has 0 unspecified atom stereocenters. The minimum absolute atomic E-state index is 0.101. The van der Waals surface area contributed by atoms with Crippen LogP contribution in [0.15, 0.2) is 57.9 Å². The van der Waals surface area contributed by atoms with E-state index in [9.17, 15) is 13.2 Å². The van der Waals surface area contributed by atoms with Crippen molar-refractivity contribution in [2.24, 2.45) is 10.8 Å². The lowest BCUT2D eigenvalue weighted by Crippen LogP contribution is -2.38. The Bertz CT molecular complexity index is 1080. The Hall–Kier alpha value is -1.86. The first-order valence-corrected chi connectivity index (χ1v) is 12.4. The summed E-state index contributed by atoms with van der Waals surface area (Å²) < 4.78 is 29.2. The number of fused-ring (bicyclic) bond motifs is 2. The SMILES string of the molecule is CC1(C)C[C@@H]2C[C@@](C)(CN2C(=O)c2ccccc2NS(=O)(=O)c2ccc(Br)cc2)C1. The fourth-order valence-corrected chi connectivity index (χ4v) is 6.77. The zero-order valence-corrected chi connectivity index (χ0v) is 19.9. The van der Waals surface area contributed by atoms with Crippen LogP contribution >= 0.6 is 15.9 Å². The van der Waals surface area contributed by atoms with Crippen molar-refractivity contribution in [2.45, 2.75) is 51.0 Å². The van der Waals surface area contributed by atoms with Crippen molar-refractivity contribution in [1.29, 1.82) is 0 Å². The summed E-state index contributed by atoms with van der Waals surface area (Å²) in [6.07, 6.45) is 3.08. The van der Waals surface area contributed by atoms with E-state index < -0.39 is 10.0 Å². The fraction of sp³-hybridized carbons (Fsp3) is 0.435. The molecule has 1 saturated carbocycles. The van der Waals surface area contributed by atoms with Gasteiger partial charge in [0.15, 0.2) is 0 Å². The Morgan fingerprint density at radius 3 is 2.43 bits per heavy atom. The Morgan fingerprint density at radius 1 is 1.07 bits per heavy atom. The number of carbonyl (C=O) groups is 1. The van der Waals surface area contributed by atoms with Gasteiger partial charge in [-0.05, 0) is 66.5 Å². The van der Waals surface area contributed by atoms with Crippen LogP contribution < -0.4 is 4.72 Å². The molecule has 1 heterocycles. The number of nitrogens with one attached hydrogen (secondary N) is 1. The fourth-order valence-electron chi connectivity index (χ4n) is 5.43. The summed E-state index contributed by atoms with van der Waals surface area (Å²) in [6, 6.07) is 13.5. The van der Waals surface area contributed by atoms with Crippen molar-refractivity contribution in [3.63, 3.8) is 0 Å². The molecule has 1 N–H and O–H groups in total. The minimum Gasteiger partial charge on any atom is -0.335 e. The van der Waals surface area contributed by atoms with E-state index in [1.165, 1.54) is 12.1 Å². The topological polar surface area (TPSA) is 66.5 Å². The molecule has 4 rings (SSSR count). The largest absolute Gasteiger partial charge is 0.335 e. The molecule has 1 aliphatic heterocycles. The molecule has 0 aromatic heterocycles. The maximum Gasteiger partial charge on any atom is 0.261 e. The summed E-state index contributed by atoms with van der Waals surface area (Å²) in [6.45, 7) is 7.52. The highest BCUT2D eigenvalue weighted by Gasteiger charge is 2.51. The number of sulfonamides is 1. The van der Waals surface area contributed by atoms with Crippen LogP contribution in [0.1, 0.15) is 50.4 Å². The second-order valence-electron chi connectivity index (χ2n) is 9.75. The number of nitrogens with zero attached hydrogens (tertiary/aromatic N) is 1. The number of amides is 1. The highest BCUT2D eigenvalue weighted by molar-refractivity contribution is 9.10. The minimum atomic E-state index is -3.80. The zero-order valence-electron chi connectivity index (χ0n) is 17.5. The normalized spacial score (nSPS) is 25.2. The Balaban J connectivity index is 1.62. The van der Waals surface area contributed by atoms with Crippen LogP contribution in [-0.2, 0) is 10.0 Å². The van der Waals surface area contributed by atoms with E-state index in [0.717, 1.165) is 23.7 Å². The van der Waals surface area contributed by atoms with Gasteiger partial charge in [0.1, 0.15) is 0 Å². The second kappa shape index (κ2) is 7.38. The number of hydrogen-bond donors (Lipinski definition) is 1. The van der Waals surface area contributed by atoms with Crippen molar-refractivity contribution >= 4 is 37.5 Å². The van der Waals surface area contributed by atoms with Gasteiger partial charge in [-0.3, -0.25) is 9.52 Å². The smallest absolute Gasteiger partial charge is 0.261 e. The molecule has 2 fully saturated rings. The lowest BCUT2D eigenvalue weighted by Gasteiger charge is -2.39. The van der Waals surface area contributed by atoms with Gasteiger partial charge in [0, 0.05) is 17.1 Å². The predicted molar refractivity (Wildman–Crippen MR) is 122 cm³/mol. The molecule has 2 atom stereocenters. The van der Waals surface area contributed by atoms with Gasteiger partial charge in [-0.2, -0.15) is 0 Å². The highest BCUT2D eigenvalue weighted by Crippen LogP contribution is 2.52. The highest BCUT2D eigenvalue weighted by atomic mass is 79.9. The van der Waals surface area contributed by atoms with E-state index in [0.29, 0.717) is 17.8 Å². The Morgan fingerprint density at radius 2 is 1.73 bits per heavy atom. The predicted octanol–water partition coefficient (Wildman–Crippen LogP) is 5.29. The molecule has 2 bridgehead atoms. The van der Waals surface area contributed by atoms with Crippen LogP contribution in [0.5, 0.6) is 0 Å². The summed E-state index contributed by atoms with van der Waals surface area (Å²) in [5, 5.41) is 0. The van der Waals surface area contributed by atoms with Gasteiger partial charge in [0.05, 0.1) is 16.1 Å². The molecule has 2 aliphatic rings. The lowest BCUT2D eigenvalue weighted by molar-refractivity contribution is 0.0709. The van der Waals surface area contributed by atoms with Gasteiger partial charge in [-0.15, -0.1) is 0 Å². The number of carbonyl (C=O) groups excluding carboxylic acids is 1. The molecule has 1 aliphatic carbocycles. The lowest BCUT2D eigenvalue weighted by atomic mass is 9.65. The summed E-state index contributed by atoms with van der Waals surface area (Å²) >= 11 is 3.32. The van der Waals surface area contributed by atoms with Gasteiger partial charge >= 0.3 is 0 Å².